The molecule has 2 aromatic rings. The number of benzene rings is 2. The van der Waals surface area contributed by atoms with E-state index >= 15 is 0 Å². The molecule has 20 heavy (non-hydrogen) atoms. The Morgan fingerprint density at radius 1 is 1.15 bits per heavy atom. The second-order valence-corrected chi connectivity index (χ2v) is 5.70. The van der Waals surface area contributed by atoms with E-state index in [2.05, 4.69) is 15.9 Å². The molecule has 0 radical (unpaired) electrons. The van der Waals surface area contributed by atoms with Gasteiger partial charge in [0, 0.05) is 15.1 Å². The van der Waals surface area contributed by atoms with Crippen molar-refractivity contribution in [1.82, 2.24) is 0 Å². The average Bonchev–Trinajstić information content (AvgIpc) is 2.40. The molecule has 3 nitrogen and oxygen atoms in total. The lowest BCUT2D eigenvalue weighted by Crippen LogP contribution is -2.00. The molecule has 0 unspecified atom stereocenters. The summed E-state index contributed by atoms with van der Waals surface area (Å²) in [5, 5.41) is 9.70. The quantitative estimate of drug-likeness (QED) is 0.814. The van der Waals surface area contributed by atoms with Crippen LogP contribution in [0.2, 0.25) is 10.0 Å². The van der Waals surface area contributed by atoms with Gasteiger partial charge in [-0.2, -0.15) is 0 Å². The number of hydrogen-bond acceptors (Lipinski definition) is 2. The van der Waals surface area contributed by atoms with Crippen LogP contribution in [-0.2, 0) is 6.61 Å². The number of rotatable bonds is 4. The maximum atomic E-state index is 10.8. The minimum absolute atomic E-state index is 0.138. The van der Waals surface area contributed by atoms with Gasteiger partial charge >= 0.3 is 5.97 Å². The third kappa shape index (κ3) is 3.66. The Balaban J connectivity index is 2.15. The Hall–Kier alpha value is -1.23. The van der Waals surface area contributed by atoms with Crippen LogP contribution in [0.3, 0.4) is 0 Å². The molecule has 0 aliphatic heterocycles. The molecule has 0 amide bonds. The van der Waals surface area contributed by atoms with Crippen molar-refractivity contribution in [2.75, 3.05) is 0 Å². The zero-order valence-electron chi connectivity index (χ0n) is 10.1. The SMILES string of the molecule is O=C(O)c1ccc(COc2cc(Br)ccc2Cl)c(Cl)c1. The van der Waals surface area contributed by atoms with Crippen molar-refractivity contribution < 1.29 is 14.6 Å². The van der Waals surface area contributed by atoms with Crippen molar-refractivity contribution in [2.24, 2.45) is 0 Å². The number of aromatic carboxylic acids is 1. The predicted octanol–water partition coefficient (Wildman–Crippen LogP) is 5.03. The van der Waals surface area contributed by atoms with Crippen LogP contribution in [0.25, 0.3) is 0 Å². The third-order valence-corrected chi connectivity index (χ3v) is 3.73. The van der Waals surface area contributed by atoms with Crippen LogP contribution in [0.15, 0.2) is 40.9 Å². The number of ether oxygens (including phenoxy) is 1. The molecule has 104 valence electrons. The van der Waals surface area contributed by atoms with Gasteiger partial charge in [-0.25, -0.2) is 4.79 Å². The Labute approximate surface area is 134 Å². The van der Waals surface area contributed by atoms with E-state index in [-0.39, 0.29) is 12.2 Å². The van der Waals surface area contributed by atoms with E-state index in [9.17, 15) is 4.79 Å². The fourth-order valence-electron chi connectivity index (χ4n) is 1.54. The molecule has 1 N–H and O–H groups in total. The first-order valence-corrected chi connectivity index (χ1v) is 7.12. The first kappa shape index (κ1) is 15.2. The molecule has 0 saturated heterocycles. The van der Waals surface area contributed by atoms with Crippen LogP contribution < -0.4 is 4.74 Å². The second kappa shape index (κ2) is 6.48. The highest BCUT2D eigenvalue weighted by Gasteiger charge is 2.09. The summed E-state index contributed by atoms with van der Waals surface area (Å²) in [6.45, 7) is 0.203. The van der Waals surface area contributed by atoms with E-state index in [4.69, 9.17) is 33.0 Å². The lowest BCUT2D eigenvalue weighted by atomic mass is 10.1. The number of carboxylic acids is 1. The van der Waals surface area contributed by atoms with Gasteiger partial charge in [0.05, 0.1) is 10.6 Å². The second-order valence-electron chi connectivity index (χ2n) is 3.97. The van der Waals surface area contributed by atoms with E-state index in [1.807, 2.05) is 6.07 Å². The smallest absolute Gasteiger partial charge is 0.335 e. The molecule has 0 saturated carbocycles. The largest absolute Gasteiger partial charge is 0.487 e. The minimum atomic E-state index is -1.02. The zero-order valence-corrected chi connectivity index (χ0v) is 13.2. The predicted molar refractivity (Wildman–Crippen MR) is 81.9 cm³/mol. The molecule has 2 aromatic carbocycles. The molecule has 2 rings (SSSR count). The Kier molecular flexibility index (Phi) is 4.91. The van der Waals surface area contributed by atoms with E-state index in [0.717, 1.165) is 4.47 Å². The third-order valence-electron chi connectivity index (χ3n) is 2.58. The van der Waals surface area contributed by atoms with Gasteiger partial charge in [-0.05, 0) is 30.3 Å². The van der Waals surface area contributed by atoms with Crippen LogP contribution in [0.5, 0.6) is 5.75 Å². The number of carbonyl (C=O) groups is 1. The normalized spacial score (nSPS) is 10.3. The maximum Gasteiger partial charge on any atom is 0.335 e. The molecular weight excluding hydrogens is 367 g/mol. The number of halogens is 3. The van der Waals surface area contributed by atoms with Gasteiger partial charge < -0.3 is 9.84 Å². The van der Waals surface area contributed by atoms with E-state index in [0.29, 0.717) is 21.4 Å². The summed E-state index contributed by atoms with van der Waals surface area (Å²) in [6, 6.07) is 9.78. The van der Waals surface area contributed by atoms with Crippen molar-refractivity contribution in [2.45, 2.75) is 6.61 Å². The Morgan fingerprint density at radius 2 is 1.90 bits per heavy atom. The summed E-state index contributed by atoms with van der Waals surface area (Å²) in [7, 11) is 0. The first-order valence-electron chi connectivity index (χ1n) is 5.57. The molecule has 0 atom stereocenters. The molecular formula is C14H9BrCl2O3. The standard InChI is InChI=1S/C14H9BrCl2O3/c15-10-3-4-11(16)13(6-10)20-7-9-2-1-8(14(18)19)5-12(9)17/h1-6H,7H2,(H,18,19). The highest BCUT2D eigenvalue weighted by molar-refractivity contribution is 9.10. The van der Waals surface area contributed by atoms with Crippen LogP contribution >= 0.6 is 39.1 Å². The minimum Gasteiger partial charge on any atom is -0.487 e. The van der Waals surface area contributed by atoms with E-state index in [1.54, 1.807) is 18.2 Å². The van der Waals surface area contributed by atoms with Crippen molar-refractivity contribution >= 4 is 45.1 Å². The molecule has 0 bridgehead atoms. The van der Waals surface area contributed by atoms with Gasteiger partial charge in [-0.3, -0.25) is 0 Å². The zero-order chi connectivity index (χ0) is 14.7. The fourth-order valence-corrected chi connectivity index (χ4v) is 2.29. The summed E-state index contributed by atoms with van der Waals surface area (Å²) in [6.07, 6.45) is 0. The van der Waals surface area contributed by atoms with Gasteiger partial charge in [-0.1, -0.05) is 45.2 Å². The highest BCUT2D eigenvalue weighted by Crippen LogP contribution is 2.29. The molecule has 0 spiro atoms. The Morgan fingerprint density at radius 3 is 2.55 bits per heavy atom. The summed E-state index contributed by atoms with van der Waals surface area (Å²) in [5.41, 5.74) is 0.826. The lowest BCUT2D eigenvalue weighted by Gasteiger charge is -2.10. The topological polar surface area (TPSA) is 46.5 Å². The van der Waals surface area contributed by atoms with E-state index in [1.165, 1.54) is 12.1 Å². The molecule has 0 heterocycles. The lowest BCUT2D eigenvalue weighted by molar-refractivity contribution is 0.0697. The monoisotopic (exact) mass is 374 g/mol. The van der Waals surface area contributed by atoms with Gasteiger partial charge in [0.2, 0.25) is 0 Å². The van der Waals surface area contributed by atoms with Crippen molar-refractivity contribution in [1.29, 1.82) is 0 Å². The van der Waals surface area contributed by atoms with Crippen molar-refractivity contribution in [3.63, 3.8) is 0 Å². The van der Waals surface area contributed by atoms with Crippen LogP contribution in [0.4, 0.5) is 0 Å². The van der Waals surface area contributed by atoms with Crippen LogP contribution in [0, 0.1) is 0 Å². The molecule has 6 heteroatoms. The van der Waals surface area contributed by atoms with Crippen LogP contribution in [-0.4, -0.2) is 11.1 Å². The van der Waals surface area contributed by atoms with Gasteiger partial charge in [0.15, 0.2) is 0 Å². The molecule has 0 aliphatic rings. The van der Waals surface area contributed by atoms with E-state index < -0.39 is 5.97 Å². The fraction of sp³-hybridized carbons (Fsp3) is 0.0714. The Bertz CT molecular complexity index is 659. The van der Waals surface area contributed by atoms with Gasteiger partial charge in [-0.15, -0.1) is 0 Å². The number of carboxylic acid groups (broad SMARTS) is 1. The highest BCUT2D eigenvalue weighted by atomic mass is 79.9. The summed E-state index contributed by atoms with van der Waals surface area (Å²) >= 11 is 15.4. The van der Waals surface area contributed by atoms with Crippen LogP contribution in [0.1, 0.15) is 15.9 Å². The molecule has 0 aliphatic carbocycles. The van der Waals surface area contributed by atoms with Gasteiger partial charge in [0.1, 0.15) is 12.4 Å². The first-order chi connectivity index (χ1) is 9.47. The summed E-state index contributed by atoms with van der Waals surface area (Å²) in [4.78, 5) is 10.8. The average molecular weight is 376 g/mol. The molecule has 0 aromatic heterocycles. The van der Waals surface area contributed by atoms with Gasteiger partial charge in [0.25, 0.3) is 0 Å². The molecule has 0 fully saturated rings. The summed E-state index contributed by atoms with van der Waals surface area (Å²) in [5.74, 6) is -0.492. The van der Waals surface area contributed by atoms with Crippen molar-refractivity contribution in [3.05, 3.63) is 62.0 Å². The van der Waals surface area contributed by atoms with Crippen molar-refractivity contribution in [3.8, 4) is 5.75 Å². The maximum absolute atomic E-state index is 10.8. The summed E-state index contributed by atoms with van der Waals surface area (Å²) < 4.78 is 6.44. The number of hydrogen-bond donors (Lipinski definition) is 1.